The van der Waals surface area contributed by atoms with Crippen molar-refractivity contribution < 1.29 is 0 Å². The van der Waals surface area contributed by atoms with E-state index in [4.69, 9.17) is 9.97 Å². The van der Waals surface area contributed by atoms with Gasteiger partial charge < -0.3 is 0 Å². The molecule has 0 aliphatic heterocycles. The minimum absolute atomic E-state index is 0.690. The molecular formula is C29H19N3. The van der Waals surface area contributed by atoms with E-state index in [0.717, 1.165) is 38.6 Å². The first-order valence-electron chi connectivity index (χ1n) is 10.6. The molecule has 0 saturated heterocycles. The van der Waals surface area contributed by atoms with Gasteiger partial charge in [-0.25, -0.2) is 9.97 Å². The van der Waals surface area contributed by atoms with Gasteiger partial charge in [0.2, 0.25) is 0 Å². The topological polar surface area (TPSA) is 38.7 Å². The van der Waals surface area contributed by atoms with Crippen molar-refractivity contribution in [1.82, 2.24) is 15.0 Å². The number of hydrogen-bond donors (Lipinski definition) is 0. The van der Waals surface area contributed by atoms with E-state index in [9.17, 15) is 0 Å². The van der Waals surface area contributed by atoms with Crippen LogP contribution in [0.1, 0.15) is 0 Å². The van der Waals surface area contributed by atoms with Gasteiger partial charge >= 0.3 is 0 Å². The van der Waals surface area contributed by atoms with Crippen molar-refractivity contribution in [3.05, 3.63) is 115 Å². The Bertz CT molecular complexity index is 1550. The van der Waals surface area contributed by atoms with E-state index in [1.165, 1.54) is 11.1 Å². The molecule has 150 valence electrons. The highest BCUT2D eigenvalue weighted by Crippen LogP contribution is 2.32. The summed E-state index contributed by atoms with van der Waals surface area (Å²) in [5, 5.41) is 2.12. The standard InChI is InChI=1S/C29H19N3/c1-2-8-20(9-3-1)21-15-17-23(18-16-21)28-24-12-4-5-14-26(24)31-29(32-28)25-13-6-10-22-11-7-19-30-27(22)25/h1-19H. The smallest absolute Gasteiger partial charge is 0.162 e. The van der Waals surface area contributed by atoms with Gasteiger partial charge in [0.15, 0.2) is 5.82 Å². The molecule has 0 radical (unpaired) electrons. The maximum absolute atomic E-state index is 5.04. The van der Waals surface area contributed by atoms with Crippen LogP contribution in [0.4, 0.5) is 0 Å². The summed E-state index contributed by atoms with van der Waals surface area (Å²) in [7, 11) is 0. The molecule has 3 nitrogen and oxygen atoms in total. The van der Waals surface area contributed by atoms with Crippen molar-refractivity contribution in [2.45, 2.75) is 0 Å². The number of pyridine rings is 1. The van der Waals surface area contributed by atoms with Crippen LogP contribution in [0.3, 0.4) is 0 Å². The Balaban J connectivity index is 1.54. The lowest BCUT2D eigenvalue weighted by molar-refractivity contribution is 1.23. The second-order valence-electron chi connectivity index (χ2n) is 7.74. The molecule has 0 N–H and O–H groups in total. The quantitative estimate of drug-likeness (QED) is 0.311. The summed E-state index contributed by atoms with van der Waals surface area (Å²) >= 11 is 0. The van der Waals surface area contributed by atoms with Crippen LogP contribution in [-0.2, 0) is 0 Å². The number of fused-ring (bicyclic) bond motifs is 2. The zero-order valence-electron chi connectivity index (χ0n) is 17.3. The van der Waals surface area contributed by atoms with Crippen LogP contribution in [0.25, 0.3) is 55.6 Å². The Kier molecular flexibility index (Phi) is 4.43. The molecule has 0 unspecified atom stereocenters. The maximum atomic E-state index is 5.04. The van der Waals surface area contributed by atoms with Crippen LogP contribution in [0, 0.1) is 0 Å². The summed E-state index contributed by atoms with van der Waals surface area (Å²) in [6.07, 6.45) is 1.82. The van der Waals surface area contributed by atoms with Crippen molar-refractivity contribution in [2.24, 2.45) is 0 Å². The molecule has 2 aromatic heterocycles. The molecule has 32 heavy (non-hydrogen) atoms. The third kappa shape index (κ3) is 3.21. The van der Waals surface area contributed by atoms with Gasteiger partial charge in [-0.1, -0.05) is 91.0 Å². The fourth-order valence-corrected chi connectivity index (χ4v) is 4.15. The summed E-state index contributed by atoms with van der Waals surface area (Å²) in [6, 6.07) is 37.3. The van der Waals surface area contributed by atoms with E-state index >= 15 is 0 Å². The molecule has 4 aromatic carbocycles. The lowest BCUT2D eigenvalue weighted by Gasteiger charge is -2.11. The first-order chi connectivity index (χ1) is 15.9. The molecule has 0 fully saturated rings. The Labute approximate surface area is 186 Å². The molecule has 0 spiro atoms. The van der Waals surface area contributed by atoms with E-state index in [1.54, 1.807) is 0 Å². The third-order valence-corrected chi connectivity index (χ3v) is 5.74. The maximum Gasteiger partial charge on any atom is 0.162 e. The summed E-state index contributed by atoms with van der Waals surface area (Å²) in [5.74, 6) is 0.690. The monoisotopic (exact) mass is 409 g/mol. The molecule has 0 saturated carbocycles. The predicted octanol–water partition coefficient (Wildman–Crippen LogP) is 7.18. The molecule has 6 rings (SSSR count). The first-order valence-corrected chi connectivity index (χ1v) is 10.6. The Morgan fingerprint density at radius 3 is 2.09 bits per heavy atom. The summed E-state index contributed by atoms with van der Waals surface area (Å²) in [5.41, 5.74) is 7.16. The minimum Gasteiger partial charge on any atom is -0.255 e. The molecule has 0 aliphatic carbocycles. The SMILES string of the molecule is c1ccc(-c2ccc(-c3nc(-c4cccc5cccnc45)nc4ccccc34)cc2)cc1. The number of rotatable bonds is 3. The van der Waals surface area contributed by atoms with E-state index in [-0.39, 0.29) is 0 Å². The van der Waals surface area contributed by atoms with Gasteiger partial charge in [-0.05, 0) is 29.3 Å². The zero-order valence-corrected chi connectivity index (χ0v) is 17.3. The minimum atomic E-state index is 0.690. The predicted molar refractivity (Wildman–Crippen MR) is 131 cm³/mol. The van der Waals surface area contributed by atoms with Gasteiger partial charge in [0.05, 0.1) is 16.7 Å². The van der Waals surface area contributed by atoms with E-state index in [0.29, 0.717) is 5.82 Å². The number of para-hydroxylation sites is 2. The van der Waals surface area contributed by atoms with Crippen molar-refractivity contribution in [2.75, 3.05) is 0 Å². The van der Waals surface area contributed by atoms with Crippen LogP contribution < -0.4 is 0 Å². The van der Waals surface area contributed by atoms with E-state index < -0.39 is 0 Å². The molecule has 2 heterocycles. The molecule has 0 atom stereocenters. The zero-order chi connectivity index (χ0) is 21.3. The number of nitrogens with zero attached hydrogens (tertiary/aromatic N) is 3. The molecule has 0 amide bonds. The van der Waals surface area contributed by atoms with Gasteiger partial charge in [-0.3, -0.25) is 4.98 Å². The van der Waals surface area contributed by atoms with Crippen LogP contribution in [0.15, 0.2) is 115 Å². The second kappa shape index (κ2) is 7.71. The Morgan fingerprint density at radius 1 is 0.500 bits per heavy atom. The van der Waals surface area contributed by atoms with Crippen LogP contribution >= 0.6 is 0 Å². The largest absolute Gasteiger partial charge is 0.255 e. The fraction of sp³-hybridized carbons (Fsp3) is 0. The van der Waals surface area contributed by atoms with Crippen LogP contribution in [0.2, 0.25) is 0 Å². The molecule has 3 heteroatoms. The molecule has 0 bridgehead atoms. The summed E-state index contributed by atoms with van der Waals surface area (Å²) < 4.78 is 0. The van der Waals surface area contributed by atoms with Crippen molar-refractivity contribution in [1.29, 1.82) is 0 Å². The van der Waals surface area contributed by atoms with Crippen molar-refractivity contribution in [3.8, 4) is 33.8 Å². The Morgan fingerprint density at radius 2 is 1.22 bits per heavy atom. The second-order valence-corrected chi connectivity index (χ2v) is 7.74. The average Bonchev–Trinajstić information content (AvgIpc) is 2.88. The lowest BCUT2D eigenvalue weighted by atomic mass is 10.0. The molecule has 6 aromatic rings. The highest BCUT2D eigenvalue weighted by molar-refractivity contribution is 5.97. The lowest BCUT2D eigenvalue weighted by Crippen LogP contribution is -1.96. The Hall–Kier alpha value is -4.37. The highest BCUT2D eigenvalue weighted by atomic mass is 14.9. The fourth-order valence-electron chi connectivity index (χ4n) is 4.15. The van der Waals surface area contributed by atoms with E-state index in [2.05, 4.69) is 71.7 Å². The highest BCUT2D eigenvalue weighted by Gasteiger charge is 2.14. The van der Waals surface area contributed by atoms with Gasteiger partial charge in [-0.2, -0.15) is 0 Å². The first kappa shape index (κ1) is 18.4. The van der Waals surface area contributed by atoms with Crippen molar-refractivity contribution in [3.63, 3.8) is 0 Å². The van der Waals surface area contributed by atoms with Gasteiger partial charge in [0.25, 0.3) is 0 Å². The van der Waals surface area contributed by atoms with Crippen LogP contribution in [-0.4, -0.2) is 15.0 Å². The summed E-state index contributed by atoms with van der Waals surface area (Å²) in [4.78, 5) is 14.5. The molecule has 0 aliphatic rings. The third-order valence-electron chi connectivity index (χ3n) is 5.74. The number of benzene rings is 4. The van der Waals surface area contributed by atoms with Gasteiger partial charge in [0, 0.05) is 28.1 Å². The number of aromatic nitrogens is 3. The van der Waals surface area contributed by atoms with Crippen LogP contribution in [0.5, 0.6) is 0 Å². The normalized spacial score (nSPS) is 11.1. The van der Waals surface area contributed by atoms with Gasteiger partial charge in [0.1, 0.15) is 0 Å². The average molecular weight is 409 g/mol. The van der Waals surface area contributed by atoms with Crippen molar-refractivity contribution >= 4 is 21.8 Å². The molecular weight excluding hydrogens is 390 g/mol. The van der Waals surface area contributed by atoms with Gasteiger partial charge in [-0.15, -0.1) is 0 Å². The summed E-state index contributed by atoms with van der Waals surface area (Å²) in [6.45, 7) is 0. The van der Waals surface area contributed by atoms with E-state index in [1.807, 2.05) is 48.7 Å². The number of hydrogen-bond acceptors (Lipinski definition) is 3.